The third-order valence-corrected chi connectivity index (χ3v) is 4.98. The van der Waals surface area contributed by atoms with Gasteiger partial charge in [-0.15, -0.1) is 0 Å². The molecule has 2 unspecified atom stereocenters. The summed E-state index contributed by atoms with van der Waals surface area (Å²) in [5.41, 5.74) is 2.62. The monoisotopic (exact) mass is 290 g/mol. The Morgan fingerprint density at radius 1 is 1.19 bits per heavy atom. The zero-order valence-electron chi connectivity index (χ0n) is 13.3. The van der Waals surface area contributed by atoms with E-state index >= 15 is 0 Å². The van der Waals surface area contributed by atoms with Crippen LogP contribution in [0, 0.1) is 12.8 Å². The van der Waals surface area contributed by atoms with Crippen molar-refractivity contribution in [3.8, 4) is 11.5 Å². The van der Waals surface area contributed by atoms with E-state index in [0.29, 0.717) is 0 Å². The number of aryl methyl sites for hydroxylation is 1. The number of methoxy groups -OCH3 is 2. The number of likely N-dealkylation sites (tertiary alicyclic amines) is 1. The van der Waals surface area contributed by atoms with Gasteiger partial charge in [-0.3, -0.25) is 4.90 Å². The van der Waals surface area contributed by atoms with E-state index in [1.807, 2.05) is 0 Å². The average Bonchev–Trinajstić information content (AvgIpc) is 2.96. The molecule has 0 saturated carbocycles. The molecule has 2 atom stereocenters. The summed E-state index contributed by atoms with van der Waals surface area (Å²) in [5.74, 6) is 2.48. The van der Waals surface area contributed by atoms with Gasteiger partial charge in [-0.1, -0.05) is 0 Å². The molecule has 4 heteroatoms. The van der Waals surface area contributed by atoms with Gasteiger partial charge in [0.2, 0.25) is 0 Å². The molecule has 0 radical (unpaired) electrons. The number of ether oxygens (including phenoxy) is 2. The maximum Gasteiger partial charge on any atom is 0.161 e. The molecular formula is C17H26N2O2. The summed E-state index contributed by atoms with van der Waals surface area (Å²) < 4.78 is 10.8. The van der Waals surface area contributed by atoms with Crippen molar-refractivity contribution >= 4 is 0 Å². The van der Waals surface area contributed by atoms with E-state index in [2.05, 4.69) is 29.3 Å². The molecule has 1 aromatic rings. The van der Waals surface area contributed by atoms with Crippen LogP contribution < -0.4 is 14.8 Å². The lowest BCUT2D eigenvalue weighted by atomic mass is 9.93. The molecule has 21 heavy (non-hydrogen) atoms. The molecule has 3 rings (SSSR count). The van der Waals surface area contributed by atoms with Gasteiger partial charge in [0.1, 0.15) is 0 Å². The standard InChI is InChI=1S/C17H26N2O2/c1-12-8-16(20-2)17(21-3)9-14(12)11-19-7-5-15-13(10-19)4-6-18-15/h8-9,13,15,18H,4-7,10-11H2,1-3H3. The highest BCUT2D eigenvalue weighted by atomic mass is 16.5. The first-order chi connectivity index (χ1) is 10.2. The molecule has 0 bridgehead atoms. The van der Waals surface area contributed by atoms with Crippen LogP contribution in [-0.4, -0.2) is 44.8 Å². The minimum atomic E-state index is 0.757. The lowest BCUT2D eigenvalue weighted by Gasteiger charge is -2.35. The fraction of sp³-hybridized carbons (Fsp3) is 0.647. The Bertz CT molecular complexity index is 504. The Morgan fingerprint density at radius 3 is 2.71 bits per heavy atom. The molecule has 2 aliphatic rings. The number of benzene rings is 1. The number of hydrogen-bond donors (Lipinski definition) is 1. The smallest absolute Gasteiger partial charge is 0.161 e. The summed E-state index contributed by atoms with van der Waals surface area (Å²) in [6.07, 6.45) is 2.60. The second kappa shape index (κ2) is 6.24. The van der Waals surface area contributed by atoms with Gasteiger partial charge >= 0.3 is 0 Å². The van der Waals surface area contributed by atoms with Crippen molar-refractivity contribution < 1.29 is 9.47 Å². The molecule has 2 aliphatic heterocycles. The average molecular weight is 290 g/mol. The molecule has 0 aromatic heterocycles. The van der Waals surface area contributed by atoms with Gasteiger partial charge in [-0.2, -0.15) is 0 Å². The molecule has 2 saturated heterocycles. The van der Waals surface area contributed by atoms with Gasteiger partial charge in [0.15, 0.2) is 11.5 Å². The summed E-state index contributed by atoms with van der Waals surface area (Å²) in [7, 11) is 3.39. The van der Waals surface area contributed by atoms with E-state index in [0.717, 1.165) is 30.0 Å². The highest BCUT2D eigenvalue weighted by Crippen LogP contribution is 2.32. The molecule has 2 fully saturated rings. The van der Waals surface area contributed by atoms with Crippen molar-refractivity contribution in [1.29, 1.82) is 0 Å². The van der Waals surface area contributed by atoms with E-state index < -0.39 is 0 Å². The molecule has 116 valence electrons. The van der Waals surface area contributed by atoms with Crippen LogP contribution in [0.1, 0.15) is 24.0 Å². The maximum atomic E-state index is 5.44. The number of nitrogens with one attached hydrogen (secondary N) is 1. The van der Waals surface area contributed by atoms with Crippen LogP contribution in [-0.2, 0) is 6.54 Å². The minimum Gasteiger partial charge on any atom is -0.493 e. The fourth-order valence-corrected chi connectivity index (χ4v) is 3.70. The largest absolute Gasteiger partial charge is 0.493 e. The van der Waals surface area contributed by atoms with Crippen molar-refractivity contribution in [3.05, 3.63) is 23.3 Å². The van der Waals surface area contributed by atoms with Gasteiger partial charge in [0.05, 0.1) is 14.2 Å². The third kappa shape index (κ3) is 3.01. The summed E-state index contributed by atoms with van der Waals surface area (Å²) in [5, 5.41) is 3.62. The molecule has 0 aliphatic carbocycles. The highest BCUT2D eigenvalue weighted by molar-refractivity contribution is 5.47. The number of hydrogen-bond acceptors (Lipinski definition) is 4. The Hall–Kier alpha value is -1.26. The van der Waals surface area contributed by atoms with Crippen LogP contribution in [0.4, 0.5) is 0 Å². The second-order valence-corrected chi connectivity index (χ2v) is 6.27. The Labute approximate surface area is 127 Å². The third-order valence-electron chi connectivity index (χ3n) is 4.98. The van der Waals surface area contributed by atoms with E-state index in [9.17, 15) is 0 Å². The second-order valence-electron chi connectivity index (χ2n) is 6.27. The van der Waals surface area contributed by atoms with Gasteiger partial charge in [-0.25, -0.2) is 0 Å². The van der Waals surface area contributed by atoms with Crippen molar-refractivity contribution in [3.63, 3.8) is 0 Å². The summed E-state index contributed by atoms with van der Waals surface area (Å²) in [6.45, 7) is 6.75. The van der Waals surface area contributed by atoms with Crippen LogP contribution in [0.2, 0.25) is 0 Å². The van der Waals surface area contributed by atoms with Gasteiger partial charge in [-0.05, 0) is 62.0 Å². The minimum absolute atomic E-state index is 0.757. The SMILES string of the molecule is COc1cc(C)c(CN2CCC3NCCC3C2)cc1OC. The van der Waals surface area contributed by atoms with Crippen LogP contribution in [0.15, 0.2) is 12.1 Å². The molecular weight excluding hydrogens is 264 g/mol. The Balaban J connectivity index is 1.72. The lowest BCUT2D eigenvalue weighted by Crippen LogP contribution is -2.44. The van der Waals surface area contributed by atoms with Gasteiger partial charge in [0.25, 0.3) is 0 Å². The number of nitrogens with zero attached hydrogens (tertiary/aromatic N) is 1. The molecule has 4 nitrogen and oxygen atoms in total. The van der Waals surface area contributed by atoms with Crippen molar-refractivity contribution in [2.24, 2.45) is 5.92 Å². The van der Waals surface area contributed by atoms with Crippen LogP contribution in [0.5, 0.6) is 11.5 Å². The molecule has 2 heterocycles. The molecule has 0 amide bonds. The van der Waals surface area contributed by atoms with Gasteiger partial charge < -0.3 is 14.8 Å². The quantitative estimate of drug-likeness (QED) is 0.922. The Kier molecular flexibility index (Phi) is 4.36. The molecule has 1 N–H and O–H groups in total. The van der Waals surface area contributed by atoms with E-state index in [1.165, 1.54) is 43.6 Å². The summed E-state index contributed by atoms with van der Waals surface area (Å²) in [6, 6.07) is 4.97. The molecule has 1 aromatic carbocycles. The number of rotatable bonds is 4. The van der Waals surface area contributed by atoms with Crippen LogP contribution >= 0.6 is 0 Å². The summed E-state index contributed by atoms with van der Waals surface area (Å²) in [4.78, 5) is 2.59. The predicted molar refractivity (Wildman–Crippen MR) is 84.1 cm³/mol. The summed E-state index contributed by atoms with van der Waals surface area (Å²) >= 11 is 0. The van der Waals surface area contributed by atoms with E-state index in [1.54, 1.807) is 14.2 Å². The van der Waals surface area contributed by atoms with Crippen LogP contribution in [0.25, 0.3) is 0 Å². The topological polar surface area (TPSA) is 33.7 Å². The normalized spacial score (nSPS) is 25.7. The zero-order valence-corrected chi connectivity index (χ0v) is 13.3. The number of piperidine rings is 1. The molecule has 0 spiro atoms. The first-order valence-corrected chi connectivity index (χ1v) is 7.88. The first kappa shape index (κ1) is 14.7. The number of fused-ring (bicyclic) bond motifs is 1. The van der Waals surface area contributed by atoms with E-state index in [-0.39, 0.29) is 0 Å². The predicted octanol–water partition coefficient (Wildman–Crippen LogP) is 2.20. The zero-order chi connectivity index (χ0) is 14.8. The van der Waals surface area contributed by atoms with Crippen molar-refractivity contribution in [2.75, 3.05) is 33.9 Å². The maximum absolute atomic E-state index is 5.44. The lowest BCUT2D eigenvalue weighted by molar-refractivity contribution is 0.155. The van der Waals surface area contributed by atoms with Crippen molar-refractivity contribution in [1.82, 2.24) is 10.2 Å². The fourth-order valence-electron chi connectivity index (χ4n) is 3.70. The van der Waals surface area contributed by atoms with Gasteiger partial charge in [0, 0.05) is 19.1 Å². The first-order valence-electron chi connectivity index (χ1n) is 7.88. The van der Waals surface area contributed by atoms with E-state index in [4.69, 9.17) is 9.47 Å². The van der Waals surface area contributed by atoms with Crippen LogP contribution in [0.3, 0.4) is 0 Å². The Morgan fingerprint density at radius 2 is 1.95 bits per heavy atom. The highest BCUT2D eigenvalue weighted by Gasteiger charge is 2.32. The van der Waals surface area contributed by atoms with Crippen molar-refractivity contribution in [2.45, 2.75) is 32.4 Å².